The number of pyridine rings is 2. The molecular formula is C23H15N3O4S. The van der Waals surface area contributed by atoms with Gasteiger partial charge < -0.3 is 5.11 Å². The number of hydrogen-bond acceptors (Lipinski definition) is 5. The Morgan fingerprint density at radius 3 is 2.48 bits per heavy atom. The molecule has 0 unspecified atom stereocenters. The zero-order valence-electron chi connectivity index (χ0n) is 16.0. The second kappa shape index (κ2) is 8.26. The van der Waals surface area contributed by atoms with Crippen molar-refractivity contribution in [2.45, 2.75) is 4.90 Å². The van der Waals surface area contributed by atoms with Gasteiger partial charge in [-0.1, -0.05) is 42.2 Å². The molecule has 8 heteroatoms. The third kappa shape index (κ3) is 4.37. The monoisotopic (exact) mass is 429 g/mol. The highest BCUT2D eigenvalue weighted by Crippen LogP contribution is 2.25. The average molecular weight is 429 g/mol. The topological polar surface area (TPSA) is 109 Å². The maximum absolute atomic E-state index is 13.1. The molecule has 0 radical (unpaired) electrons. The predicted molar refractivity (Wildman–Crippen MR) is 116 cm³/mol. The van der Waals surface area contributed by atoms with E-state index in [2.05, 4.69) is 26.5 Å². The van der Waals surface area contributed by atoms with Crippen LogP contribution in [0.2, 0.25) is 0 Å². The maximum Gasteiger partial charge on any atom is 0.354 e. The van der Waals surface area contributed by atoms with Crippen molar-refractivity contribution >= 4 is 32.6 Å². The zero-order chi connectivity index (χ0) is 21.8. The molecule has 0 atom stereocenters. The molecule has 0 amide bonds. The summed E-state index contributed by atoms with van der Waals surface area (Å²) in [4.78, 5) is 19.0. The SMILES string of the molecule is O=C(O)c1ccc(C#Cc2ccccc2S(=O)(=O)Nc2cccc3cccnc23)cn1. The number of rotatable bonds is 4. The second-order valence-corrected chi connectivity index (χ2v) is 8.12. The van der Waals surface area contributed by atoms with Crippen molar-refractivity contribution in [3.05, 3.63) is 95.9 Å². The van der Waals surface area contributed by atoms with Crippen molar-refractivity contribution in [1.29, 1.82) is 0 Å². The van der Waals surface area contributed by atoms with Crippen LogP contribution < -0.4 is 4.72 Å². The Morgan fingerprint density at radius 2 is 1.71 bits per heavy atom. The summed E-state index contributed by atoms with van der Waals surface area (Å²) in [5.41, 5.74) is 1.58. The van der Waals surface area contributed by atoms with Crippen molar-refractivity contribution in [1.82, 2.24) is 9.97 Å². The lowest BCUT2D eigenvalue weighted by atomic mass is 10.2. The number of carbonyl (C=O) groups is 1. The third-order valence-corrected chi connectivity index (χ3v) is 5.80. The van der Waals surface area contributed by atoms with Crippen molar-refractivity contribution in [3.8, 4) is 11.8 Å². The molecule has 0 bridgehead atoms. The van der Waals surface area contributed by atoms with E-state index in [0.717, 1.165) is 5.39 Å². The molecule has 2 aromatic heterocycles. The van der Waals surface area contributed by atoms with E-state index >= 15 is 0 Å². The van der Waals surface area contributed by atoms with Gasteiger partial charge in [-0.05, 0) is 36.4 Å². The van der Waals surface area contributed by atoms with E-state index in [9.17, 15) is 13.2 Å². The Kier molecular flexibility index (Phi) is 5.35. The van der Waals surface area contributed by atoms with E-state index in [4.69, 9.17) is 5.11 Å². The lowest BCUT2D eigenvalue weighted by molar-refractivity contribution is 0.0690. The standard InChI is InChI=1S/C23H15N3O4S/c27-23(28)20-13-11-16(15-25-20)10-12-17-5-1-2-9-21(17)31(29,30)26-19-8-3-6-18-7-4-14-24-22(18)19/h1-9,11,13-15,26H,(H,27,28). The summed E-state index contributed by atoms with van der Waals surface area (Å²) in [5, 5.41) is 9.73. The van der Waals surface area contributed by atoms with Crippen LogP contribution in [-0.4, -0.2) is 29.5 Å². The van der Waals surface area contributed by atoms with Gasteiger partial charge in [0.2, 0.25) is 0 Å². The molecule has 0 saturated carbocycles. The van der Waals surface area contributed by atoms with Gasteiger partial charge in [-0.15, -0.1) is 0 Å². The van der Waals surface area contributed by atoms with E-state index in [1.807, 2.05) is 12.1 Å². The summed E-state index contributed by atoms with van der Waals surface area (Å²) in [7, 11) is -3.94. The summed E-state index contributed by atoms with van der Waals surface area (Å²) >= 11 is 0. The first kappa shape index (κ1) is 20.1. The fourth-order valence-electron chi connectivity index (χ4n) is 2.92. The first-order valence-electron chi connectivity index (χ1n) is 9.11. The highest BCUT2D eigenvalue weighted by molar-refractivity contribution is 7.92. The fraction of sp³-hybridized carbons (Fsp3) is 0. The summed E-state index contributed by atoms with van der Waals surface area (Å²) in [6.07, 6.45) is 2.93. The van der Waals surface area contributed by atoms with Gasteiger partial charge in [0, 0.05) is 28.9 Å². The zero-order valence-corrected chi connectivity index (χ0v) is 16.8. The highest BCUT2D eigenvalue weighted by atomic mass is 32.2. The van der Waals surface area contributed by atoms with Gasteiger partial charge in [0.1, 0.15) is 10.6 Å². The summed E-state index contributed by atoms with van der Waals surface area (Å²) in [6.45, 7) is 0. The molecule has 0 aliphatic carbocycles. The predicted octanol–water partition coefficient (Wildman–Crippen LogP) is 3.53. The Morgan fingerprint density at radius 1 is 0.903 bits per heavy atom. The van der Waals surface area contributed by atoms with Crippen LogP contribution in [0.3, 0.4) is 0 Å². The van der Waals surface area contributed by atoms with E-state index < -0.39 is 16.0 Å². The molecule has 4 aromatic rings. The van der Waals surface area contributed by atoms with Crippen molar-refractivity contribution in [2.75, 3.05) is 4.72 Å². The van der Waals surface area contributed by atoms with Crippen LogP contribution in [0.1, 0.15) is 21.6 Å². The van der Waals surface area contributed by atoms with Crippen LogP contribution >= 0.6 is 0 Å². The van der Waals surface area contributed by atoms with E-state index in [-0.39, 0.29) is 10.6 Å². The van der Waals surface area contributed by atoms with Gasteiger partial charge in [-0.3, -0.25) is 9.71 Å². The summed E-state index contributed by atoms with van der Waals surface area (Å²) in [6, 6.07) is 18.1. The molecule has 2 heterocycles. The van der Waals surface area contributed by atoms with Crippen LogP contribution in [0.4, 0.5) is 5.69 Å². The van der Waals surface area contributed by atoms with Gasteiger partial charge in [-0.25, -0.2) is 18.2 Å². The molecular weight excluding hydrogens is 414 g/mol. The van der Waals surface area contributed by atoms with Gasteiger partial charge in [0.05, 0.1) is 11.2 Å². The number of benzene rings is 2. The average Bonchev–Trinajstić information content (AvgIpc) is 2.78. The molecule has 152 valence electrons. The number of aromatic carboxylic acids is 1. The first-order valence-corrected chi connectivity index (χ1v) is 10.6. The minimum absolute atomic E-state index is 0.0190. The van der Waals surface area contributed by atoms with E-state index in [0.29, 0.717) is 22.3 Å². The van der Waals surface area contributed by atoms with Crippen LogP contribution in [0.15, 0.2) is 84.0 Å². The third-order valence-electron chi connectivity index (χ3n) is 4.38. The van der Waals surface area contributed by atoms with Gasteiger partial charge >= 0.3 is 5.97 Å². The van der Waals surface area contributed by atoms with Gasteiger partial charge in [-0.2, -0.15) is 0 Å². The fourth-order valence-corrected chi connectivity index (χ4v) is 4.15. The van der Waals surface area contributed by atoms with Crippen LogP contribution in [-0.2, 0) is 10.0 Å². The quantitative estimate of drug-likeness (QED) is 0.481. The first-order chi connectivity index (χ1) is 14.9. The number of carboxylic acids is 1. The molecule has 31 heavy (non-hydrogen) atoms. The number of para-hydroxylation sites is 1. The molecule has 2 N–H and O–H groups in total. The number of anilines is 1. The van der Waals surface area contributed by atoms with E-state index in [1.54, 1.807) is 42.6 Å². The minimum Gasteiger partial charge on any atom is -0.477 e. The smallest absolute Gasteiger partial charge is 0.354 e. The lowest BCUT2D eigenvalue weighted by Crippen LogP contribution is -2.14. The van der Waals surface area contributed by atoms with Gasteiger partial charge in [0.15, 0.2) is 0 Å². The number of hydrogen-bond donors (Lipinski definition) is 2. The van der Waals surface area contributed by atoms with Crippen molar-refractivity contribution in [2.24, 2.45) is 0 Å². The molecule has 0 saturated heterocycles. The Balaban J connectivity index is 1.69. The van der Waals surface area contributed by atoms with Crippen LogP contribution in [0.25, 0.3) is 10.9 Å². The molecule has 0 aliphatic heterocycles. The van der Waals surface area contributed by atoms with E-state index in [1.165, 1.54) is 24.4 Å². The summed E-state index contributed by atoms with van der Waals surface area (Å²) in [5.74, 6) is 4.52. The molecule has 0 spiro atoms. The molecule has 2 aromatic carbocycles. The lowest BCUT2D eigenvalue weighted by Gasteiger charge is -2.11. The number of sulfonamides is 1. The Hall–Kier alpha value is -4.22. The molecule has 0 aliphatic rings. The van der Waals surface area contributed by atoms with Crippen LogP contribution in [0, 0.1) is 11.8 Å². The number of nitrogens with one attached hydrogen (secondary N) is 1. The molecule has 4 rings (SSSR count). The minimum atomic E-state index is -3.94. The number of fused-ring (bicyclic) bond motifs is 1. The highest BCUT2D eigenvalue weighted by Gasteiger charge is 2.19. The van der Waals surface area contributed by atoms with Crippen LogP contribution in [0.5, 0.6) is 0 Å². The van der Waals surface area contributed by atoms with Crippen molar-refractivity contribution in [3.63, 3.8) is 0 Å². The summed E-state index contributed by atoms with van der Waals surface area (Å²) < 4.78 is 28.8. The van der Waals surface area contributed by atoms with Crippen molar-refractivity contribution < 1.29 is 18.3 Å². The molecule has 7 nitrogen and oxygen atoms in total. The second-order valence-electron chi connectivity index (χ2n) is 6.47. The maximum atomic E-state index is 13.1. The molecule has 0 fully saturated rings. The number of carboxylic acid groups (broad SMARTS) is 1. The Labute approximate surface area is 178 Å². The Bertz CT molecular complexity index is 1450. The van der Waals surface area contributed by atoms with Gasteiger partial charge in [0.25, 0.3) is 10.0 Å². The number of nitrogens with zero attached hydrogens (tertiary/aromatic N) is 2. The number of aromatic nitrogens is 2. The largest absolute Gasteiger partial charge is 0.477 e. The normalized spacial score (nSPS) is 10.8.